The maximum atomic E-state index is 12.4. The van der Waals surface area contributed by atoms with E-state index >= 15 is 0 Å². The third-order valence-electron chi connectivity index (χ3n) is 2.48. The fourth-order valence-electron chi connectivity index (χ4n) is 1.58. The molecular weight excluding hydrogens is 360 g/mol. The molecule has 2 rings (SSSR count). The van der Waals surface area contributed by atoms with Gasteiger partial charge in [0.05, 0.1) is 0 Å². The molecule has 0 aliphatic rings. The summed E-state index contributed by atoms with van der Waals surface area (Å²) in [5.41, 5.74) is 13.6. The lowest BCUT2D eigenvalue weighted by atomic mass is 10.0. The number of anilines is 2. The van der Waals surface area contributed by atoms with Crippen LogP contribution in [0.4, 0.5) is 11.4 Å². The Morgan fingerprint density at radius 2 is 1.22 bits per heavy atom. The van der Waals surface area contributed by atoms with E-state index in [-0.39, 0.29) is 5.78 Å². The van der Waals surface area contributed by atoms with E-state index in [9.17, 15) is 4.79 Å². The third-order valence-corrected chi connectivity index (χ3v) is 3.79. The Balaban J connectivity index is 2.48. The maximum Gasteiger partial charge on any atom is 0.195 e. The zero-order valence-electron chi connectivity index (χ0n) is 9.28. The Kier molecular flexibility index (Phi) is 3.73. The van der Waals surface area contributed by atoms with E-state index in [1.54, 1.807) is 36.4 Å². The maximum absolute atomic E-state index is 12.4. The summed E-state index contributed by atoms with van der Waals surface area (Å²) in [5.74, 6) is -0.0891. The molecule has 0 unspecified atom stereocenters. The van der Waals surface area contributed by atoms with Crippen LogP contribution in [0.2, 0.25) is 0 Å². The highest BCUT2D eigenvalue weighted by molar-refractivity contribution is 9.11. The second-order valence-electron chi connectivity index (χ2n) is 3.81. The number of carbonyl (C=O) groups is 1. The van der Waals surface area contributed by atoms with Crippen molar-refractivity contribution in [1.29, 1.82) is 0 Å². The van der Waals surface area contributed by atoms with Crippen LogP contribution in [0.15, 0.2) is 45.3 Å². The Morgan fingerprint density at radius 1 is 0.833 bits per heavy atom. The van der Waals surface area contributed by atoms with Crippen molar-refractivity contribution >= 4 is 49.0 Å². The van der Waals surface area contributed by atoms with E-state index in [2.05, 4.69) is 31.9 Å². The zero-order chi connectivity index (χ0) is 13.3. The van der Waals surface area contributed by atoms with Crippen molar-refractivity contribution in [2.45, 2.75) is 0 Å². The molecule has 92 valence electrons. The van der Waals surface area contributed by atoms with Crippen molar-refractivity contribution in [1.82, 2.24) is 0 Å². The molecule has 2 aromatic rings. The summed E-state index contributed by atoms with van der Waals surface area (Å²) >= 11 is 6.69. The molecule has 0 atom stereocenters. The number of ketones is 1. The van der Waals surface area contributed by atoms with Gasteiger partial charge < -0.3 is 11.5 Å². The monoisotopic (exact) mass is 368 g/mol. The molecule has 4 N–H and O–H groups in total. The van der Waals surface area contributed by atoms with E-state index in [1.807, 2.05) is 0 Å². The van der Waals surface area contributed by atoms with Gasteiger partial charge in [-0.05, 0) is 68.3 Å². The van der Waals surface area contributed by atoms with Crippen molar-refractivity contribution in [3.8, 4) is 0 Å². The van der Waals surface area contributed by atoms with Gasteiger partial charge in [0.25, 0.3) is 0 Å². The highest BCUT2D eigenvalue weighted by atomic mass is 79.9. The van der Waals surface area contributed by atoms with Crippen molar-refractivity contribution in [3.05, 3.63) is 56.5 Å². The van der Waals surface area contributed by atoms with Crippen LogP contribution in [0.1, 0.15) is 15.9 Å². The normalized spacial score (nSPS) is 10.3. The third kappa shape index (κ3) is 2.57. The minimum atomic E-state index is -0.0891. The molecule has 3 nitrogen and oxygen atoms in total. The predicted molar refractivity (Wildman–Crippen MR) is 80.5 cm³/mol. The number of carbonyl (C=O) groups excluding carboxylic acids is 1. The molecule has 0 bridgehead atoms. The highest BCUT2D eigenvalue weighted by Crippen LogP contribution is 2.27. The molecule has 5 heteroatoms. The van der Waals surface area contributed by atoms with E-state index in [4.69, 9.17) is 11.5 Å². The van der Waals surface area contributed by atoms with Gasteiger partial charge in [-0.3, -0.25) is 4.79 Å². The Bertz CT molecular complexity index is 573. The summed E-state index contributed by atoms with van der Waals surface area (Å²) in [6.45, 7) is 0. The molecular formula is C13H10Br2N2O. The Hall–Kier alpha value is -1.33. The van der Waals surface area contributed by atoms with E-state index in [0.717, 1.165) is 0 Å². The van der Waals surface area contributed by atoms with Gasteiger partial charge in [0.15, 0.2) is 5.78 Å². The average Bonchev–Trinajstić information content (AvgIpc) is 2.28. The molecule has 0 saturated carbocycles. The van der Waals surface area contributed by atoms with Crippen LogP contribution in [0, 0.1) is 0 Å². The number of halogens is 2. The van der Waals surface area contributed by atoms with Crippen LogP contribution in [0.5, 0.6) is 0 Å². The molecule has 0 aromatic heterocycles. The minimum Gasteiger partial charge on any atom is -0.399 e. The lowest BCUT2D eigenvalue weighted by Gasteiger charge is -2.07. The number of benzene rings is 2. The first-order valence-electron chi connectivity index (χ1n) is 5.14. The number of nitrogen functional groups attached to an aromatic ring is 2. The van der Waals surface area contributed by atoms with Crippen molar-refractivity contribution in [3.63, 3.8) is 0 Å². The molecule has 0 aliphatic heterocycles. The zero-order valence-corrected chi connectivity index (χ0v) is 12.5. The van der Waals surface area contributed by atoms with Gasteiger partial charge in [-0.2, -0.15) is 0 Å². The van der Waals surface area contributed by atoms with Crippen molar-refractivity contribution in [2.75, 3.05) is 11.5 Å². The summed E-state index contributed by atoms with van der Waals surface area (Å²) < 4.78 is 1.35. The summed E-state index contributed by atoms with van der Waals surface area (Å²) in [4.78, 5) is 12.4. The fourth-order valence-corrected chi connectivity index (χ4v) is 2.73. The van der Waals surface area contributed by atoms with E-state index in [1.165, 1.54) is 0 Å². The minimum absolute atomic E-state index is 0.0891. The van der Waals surface area contributed by atoms with Crippen molar-refractivity contribution in [2.24, 2.45) is 0 Å². The van der Waals surface area contributed by atoms with E-state index < -0.39 is 0 Å². The molecule has 0 saturated heterocycles. The van der Waals surface area contributed by atoms with Gasteiger partial charge >= 0.3 is 0 Å². The van der Waals surface area contributed by atoms with Crippen LogP contribution >= 0.6 is 31.9 Å². The first-order chi connectivity index (χ1) is 8.49. The SMILES string of the molecule is Nc1ccc(C(=O)c2ccc(N)cc2Br)c(Br)c1. The molecule has 18 heavy (non-hydrogen) atoms. The topological polar surface area (TPSA) is 69.1 Å². The lowest BCUT2D eigenvalue weighted by Crippen LogP contribution is -2.04. The van der Waals surface area contributed by atoms with Crippen LogP contribution < -0.4 is 11.5 Å². The highest BCUT2D eigenvalue weighted by Gasteiger charge is 2.15. The van der Waals surface area contributed by atoms with Crippen LogP contribution in [-0.2, 0) is 0 Å². The molecule has 0 heterocycles. The van der Waals surface area contributed by atoms with Gasteiger partial charge in [-0.25, -0.2) is 0 Å². The first kappa shape index (κ1) is 13.1. The largest absolute Gasteiger partial charge is 0.399 e. The van der Waals surface area contributed by atoms with Gasteiger partial charge in [0.1, 0.15) is 0 Å². The van der Waals surface area contributed by atoms with Crippen LogP contribution in [0.3, 0.4) is 0 Å². The second kappa shape index (κ2) is 5.12. The van der Waals surface area contributed by atoms with Gasteiger partial charge in [0, 0.05) is 31.4 Å². The van der Waals surface area contributed by atoms with Gasteiger partial charge in [-0.1, -0.05) is 0 Å². The fraction of sp³-hybridized carbons (Fsp3) is 0. The number of hydrogen-bond acceptors (Lipinski definition) is 3. The standard InChI is InChI=1S/C13H10Br2N2O/c14-11-5-7(16)1-3-9(11)13(18)10-4-2-8(17)6-12(10)15/h1-6H,16-17H2. The predicted octanol–water partition coefficient (Wildman–Crippen LogP) is 3.61. The number of hydrogen-bond donors (Lipinski definition) is 2. The second-order valence-corrected chi connectivity index (χ2v) is 5.52. The van der Waals surface area contributed by atoms with Crippen molar-refractivity contribution < 1.29 is 4.79 Å². The van der Waals surface area contributed by atoms with Crippen LogP contribution in [-0.4, -0.2) is 5.78 Å². The molecule has 0 radical (unpaired) electrons. The number of rotatable bonds is 2. The first-order valence-corrected chi connectivity index (χ1v) is 6.72. The average molecular weight is 370 g/mol. The Morgan fingerprint density at radius 3 is 1.56 bits per heavy atom. The molecule has 0 amide bonds. The molecule has 0 fully saturated rings. The number of nitrogens with two attached hydrogens (primary N) is 2. The lowest BCUT2D eigenvalue weighted by molar-refractivity contribution is 0.103. The van der Waals surface area contributed by atoms with E-state index in [0.29, 0.717) is 31.4 Å². The quantitative estimate of drug-likeness (QED) is 0.627. The molecule has 0 spiro atoms. The summed E-state index contributed by atoms with van der Waals surface area (Å²) in [6, 6.07) is 10.2. The van der Waals surface area contributed by atoms with Crippen LogP contribution in [0.25, 0.3) is 0 Å². The smallest absolute Gasteiger partial charge is 0.195 e. The van der Waals surface area contributed by atoms with Gasteiger partial charge in [0.2, 0.25) is 0 Å². The summed E-state index contributed by atoms with van der Waals surface area (Å²) in [6.07, 6.45) is 0. The summed E-state index contributed by atoms with van der Waals surface area (Å²) in [7, 11) is 0. The Labute approximate surface area is 121 Å². The summed E-state index contributed by atoms with van der Waals surface area (Å²) in [5, 5.41) is 0. The molecule has 2 aromatic carbocycles. The van der Waals surface area contributed by atoms with Gasteiger partial charge in [-0.15, -0.1) is 0 Å². The molecule has 0 aliphatic carbocycles.